The Kier molecular flexibility index (Phi) is 6.41. The molecule has 88 valence electrons. The molecule has 1 aliphatic heterocycles. The van der Waals surface area contributed by atoms with Gasteiger partial charge in [-0.1, -0.05) is 0 Å². The molecule has 3 nitrogen and oxygen atoms in total. The molecule has 0 bridgehead atoms. The van der Waals surface area contributed by atoms with Crippen LogP contribution in [-0.2, 0) is 4.74 Å². The van der Waals surface area contributed by atoms with Crippen molar-refractivity contribution < 1.29 is 4.74 Å². The molecular formula is C12H24N2O. The second kappa shape index (κ2) is 7.69. The summed E-state index contributed by atoms with van der Waals surface area (Å²) in [4.78, 5) is 0. The Morgan fingerprint density at radius 3 is 2.67 bits per heavy atom. The minimum Gasteiger partial charge on any atom is -0.379 e. The van der Waals surface area contributed by atoms with Crippen LogP contribution in [-0.4, -0.2) is 37.0 Å². The highest BCUT2D eigenvalue weighted by molar-refractivity contribution is 5.56. The monoisotopic (exact) mass is 212 g/mol. The van der Waals surface area contributed by atoms with Gasteiger partial charge in [0.15, 0.2) is 0 Å². The highest BCUT2D eigenvalue weighted by Crippen LogP contribution is 2.08. The first-order valence-electron chi connectivity index (χ1n) is 6.18. The highest BCUT2D eigenvalue weighted by atomic mass is 16.5. The Balaban J connectivity index is 1.96. The Morgan fingerprint density at radius 1 is 1.27 bits per heavy atom. The minimum absolute atomic E-state index is 0.351. The maximum atomic E-state index is 5.46. The predicted octanol–water partition coefficient (Wildman–Crippen LogP) is 2.66. The van der Waals surface area contributed by atoms with Crippen molar-refractivity contribution in [2.45, 2.75) is 52.1 Å². The van der Waals surface area contributed by atoms with Gasteiger partial charge in [-0.25, -0.2) is 0 Å². The average molecular weight is 212 g/mol. The van der Waals surface area contributed by atoms with Gasteiger partial charge >= 0.3 is 0 Å². The van der Waals surface area contributed by atoms with Crippen molar-refractivity contribution in [3.05, 3.63) is 0 Å². The van der Waals surface area contributed by atoms with Crippen LogP contribution in [0.25, 0.3) is 0 Å². The molecular weight excluding hydrogens is 188 g/mol. The fourth-order valence-electron chi connectivity index (χ4n) is 1.66. The van der Waals surface area contributed by atoms with Crippen LogP contribution in [0, 0.1) is 0 Å². The number of piperidine rings is 1. The van der Waals surface area contributed by atoms with Crippen LogP contribution in [0.4, 0.5) is 0 Å². The molecule has 0 saturated carbocycles. The molecule has 0 aromatic heterocycles. The first kappa shape index (κ1) is 12.5. The second-order valence-electron chi connectivity index (χ2n) is 4.37. The summed E-state index contributed by atoms with van der Waals surface area (Å²) < 4.78 is 5.46. The van der Waals surface area contributed by atoms with E-state index < -0.39 is 0 Å². The molecule has 1 heterocycles. The SMILES string of the molecule is CC(C)OCCC/C=N/N1CCCCC1. The summed E-state index contributed by atoms with van der Waals surface area (Å²) in [6, 6.07) is 0. The number of unbranched alkanes of at least 4 members (excludes halogenated alkanes) is 1. The van der Waals surface area contributed by atoms with Gasteiger partial charge in [-0.05, 0) is 46.0 Å². The number of nitrogens with zero attached hydrogens (tertiary/aromatic N) is 2. The number of hydrogen-bond donors (Lipinski definition) is 0. The summed E-state index contributed by atoms with van der Waals surface area (Å²) >= 11 is 0. The van der Waals surface area contributed by atoms with Crippen LogP contribution >= 0.6 is 0 Å². The minimum atomic E-state index is 0.351. The second-order valence-corrected chi connectivity index (χ2v) is 4.37. The predicted molar refractivity (Wildman–Crippen MR) is 64.2 cm³/mol. The number of rotatable bonds is 6. The zero-order valence-electron chi connectivity index (χ0n) is 10.1. The van der Waals surface area contributed by atoms with Crippen molar-refractivity contribution in [1.82, 2.24) is 5.01 Å². The summed E-state index contributed by atoms with van der Waals surface area (Å²) in [5.74, 6) is 0. The number of hydrogen-bond acceptors (Lipinski definition) is 3. The lowest BCUT2D eigenvalue weighted by Crippen LogP contribution is -2.24. The molecule has 0 radical (unpaired) electrons. The van der Waals surface area contributed by atoms with Crippen molar-refractivity contribution in [3.63, 3.8) is 0 Å². The van der Waals surface area contributed by atoms with Crippen LogP contribution in [0.15, 0.2) is 5.10 Å². The van der Waals surface area contributed by atoms with E-state index in [9.17, 15) is 0 Å². The molecule has 0 unspecified atom stereocenters. The summed E-state index contributed by atoms with van der Waals surface area (Å²) in [6.07, 6.45) is 8.47. The van der Waals surface area contributed by atoms with Crippen LogP contribution in [0.1, 0.15) is 46.0 Å². The van der Waals surface area contributed by atoms with Gasteiger partial charge in [-0.2, -0.15) is 5.10 Å². The molecule has 1 saturated heterocycles. The molecule has 15 heavy (non-hydrogen) atoms. The fraction of sp³-hybridized carbons (Fsp3) is 0.917. The van der Waals surface area contributed by atoms with Gasteiger partial charge in [-0.3, -0.25) is 5.01 Å². The third-order valence-corrected chi connectivity index (χ3v) is 2.51. The smallest absolute Gasteiger partial charge is 0.0518 e. The summed E-state index contributed by atoms with van der Waals surface area (Å²) in [7, 11) is 0. The normalized spacial score (nSPS) is 17.9. The Bertz CT molecular complexity index is 174. The van der Waals surface area contributed by atoms with E-state index >= 15 is 0 Å². The van der Waals surface area contributed by atoms with E-state index in [1.807, 2.05) is 6.21 Å². The molecule has 0 aliphatic carbocycles. The van der Waals surface area contributed by atoms with Crippen molar-refractivity contribution in [3.8, 4) is 0 Å². The third kappa shape index (κ3) is 6.50. The van der Waals surface area contributed by atoms with Gasteiger partial charge in [0, 0.05) is 25.9 Å². The molecule has 1 rings (SSSR count). The van der Waals surface area contributed by atoms with Crippen molar-refractivity contribution in [1.29, 1.82) is 0 Å². The van der Waals surface area contributed by atoms with Gasteiger partial charge in [0.25, 0.3) is 0 Å². The molecule has 0 amide bonds. The first-order chi connectivity index (χ1) is 7.29. The summed E-state index contributed by atoms with van der Waals surface area (Å²) in [5.41, 5.74) is 0. The van der Waals surface area contributed by atoms with Crippen LogP contribution in [0.3, 0.4) is 0 Å². The molecule has 1 fully saturated rings. The Hall–Kier alpha value is -0.570. The van der Waals surface area contributed by atoms with E-state index in [4.69, 9.17) is 4.74 Å². The van der Waals surface area contributed by atoms with Crippen LogP contribution < -0.4 is 0 Å². The lowest BCUT2D eigenvalue weighted by atomic mass is 10.2. The average Bonchev–Trinajstić information content (AvgIpc) is 2.24. The van der Waals surface area contributed by atoms with Gasteiger partial charge in [0.1, 0.15) is 0 Å². The number of hydrazone groups is 1. The van der Waals surface area contributed by atoms with Gasteiger partial charge in [0.2, 0.25) is 0 Å². The van der Waals surface area contributed by atoms with Gasteiger partial charge in [-0.15, -0.1) is 0 Å². The summed E-state index contributed by atoms with van der Waals surface area (Å²) in [6.45, 7) is 7.27. The Morgan fingerprint density at radius 2 is 2.00 bits per heavy atom. The van der Waals surface area contributed by atoms with Crippen LogP contribution in [0.2, 0.25) is 0 Å². The molecule has 0 aromatic rings. The summed E-state index contributed by atoms with van der Waals surface area (Å²) in [5, 5.41) is 6.64. The molecule has 3 heteroatoms. The fourth-order valence-corrected chi connectivity index (χ4v) is 1.66. The van der Waals surface area contributed by atoms with E-state index in [0.29, 0.717) is 6.10 Å². The van der Waals surface area contributed by atoms with E-state index in [1.165, 1.54) is 19.3 Å². The molecule has 0 N–H and O–H groups in total. The van der Waals surface area contributed by atoms with Crippen molar-refractivity contribution >= 4 is 6.21 Å². The van der Waals surface area contributed by atoms with E-state index in [2.05, 4.69) is 24.0 Å². The molecule has 0 aromatic carbocycles. The van der Waals surface area contributed by atoms with Gasteiger partial charge in [0.05, 0.1) is 6.10 Å². The first-order valence-corrected chi connectivity index (χ1v) is 6.18. The zero-order chi connectivity index (χ0) is 10.9. The van der Waals surface area contributed by atoms with E-state index in [1.54, 1.807) is 0 Å². The van der Waals surface area contributed by atoms with Crippen molar-refractivity contribution in [2.75, 3.05) is 19.7 Å². The standard InChI is InChI=1S/C12H24N2O/c1-12(2)15-11-7-4-8-13-14-9-5-3-6-10-14/h8,12H,3-7,9-11H2,1-2H3/b13-8+. The molecule has 0 spiro atoms. The lowest BCUT2D eigenvalue weighted by molar-refractivity contribution is 0.0781. The zero-order valence-corrected chi connectivity index (χ0v) is 10.1. The maximum absolute atomic E-state index is 5.46. The number of ether oxygens (including phenoxy) is 1. The highest BCUT2D eigenvalue weighted by Gasteiger charge is 2.05. The third-order valence-electron chi connectivity index (χ3n) is 2.51. The van der Waals surface area contributed by atoms with Crippen LogP contribution in [0.5, 0.6) is 0 Å². The van der Waals surface area contributed by atoms with Gasteiger partial charge < -0.3 is 4.74 Å². The molecule has 0 atom stereocenters. The van der Waals surface area contributed by atoms with E-state index in [-0.39, 0.29) is 0 Å². The quantitative estimate of drug-likeness (QED) is 0.499. The topological polar surface area (TPSA) is 24.8 Å². The van der Waals surface area contributed by atoms with E-state index in [0.717, 1.165) is 32.5 Å². The largest absolute Gasteiger partial charge is 0.379 e. The Labute approximate surface area is 93.5 Å². The maximum Gasteiger partial charge on any atom is 0.0518 e. The van der Waals surface area contributed by atoms with Crippen molar-refractivity contribution in [2.24, 2.45) is 5.10 Å². The molecule has 1 aliphatic rings. The lowest BCUT2D eigenvalue weighted by Gasteiger charge is -2.23.